The van der Waals surface area contributed by atoms with Crippen molar-refractivity contribution in [2.75, 3.05) is 19.6 Å². The molecule has 1 saturated heterocycles. The Bertz CT molecular complexity index is 1090. The highest BCUT2D eigenvalue weighted by molar-refractivity contribution is 5.94. The topological polar surface area (TPSA) is 41.4 Å². The fourth-order valence-corrected chi connectivity index (χ4v) is 5.07. The zero-order chi connectivity index (χ0) is 21.4. The van der Waals surface area contributed by atoms with Crippen molar-refractivity contribution in [1.82, 2.24) is 19.6 Å². The largest absolute Gasteiger partial charge is 0.332 e. The molecule has 2 aliphatic rings. The molecule has 5 nitrogen and oxygen atoms in total. The number of amides is 1. The number of nitrogens with zero attached hydrogens (tertiary/aromatic N) is 4. The first-order chi connectivity index (χ1) is 15.1. The van der Waals surface area contributed by atoms with Crippen molar-refractivity contribution in [3.8, 4) is 5.69 Å². The Balaban J connectivity index is 1.36. The van der Waals surface area contributed by atoms with E-state index in [9.17, 15) is 4.79 Å². The van der Waals surface area contributed by atoms with Crippen LogP contribution in [-0.4, -0.2) is 51.2 Å². The number of fused-ring (bicyclic) bond motifs is 1. The molecule has 0 radical (unpaired) electrons. The third-order valence-electron chi connectivity index (χ3n) is 6.70. The summed E-state index contributed by atoms with van der Waals surface area (Å²) < 4.78 is 2.03. The molecule has 2 heterocycles. The summed E-state index contributed by atoms with van der Waals surface area (Å²) >= 11 is 0. The van der Waals surface area contributed by atoms with Gasteiger partial charge < -0.3 is 4.90 Å². The quantitative estimate of drug-likeness (QED) is 0.648. The van der Waals surface area contributed by atoms with Crippen molar-refractivity contribution in [3.05, 3.63) is 82.7 Å². The monoisotopic (exact) mass is 414 g/mol. The summed E-state index contributed by atoms with van der Waals surface area (Å²) in [6.45, 7) is 7.73. The molecule has 1 aliphatic carbocycles. The van der Waals surface area contributed by atoms with Crippen LogP contribution in [0.5, 0.6) is 0 Å². The van der Waals surface area contributed by atoms with Gasteiger partial charge in [0.15, 0.2) is 5.69 Å². The van der Waals surface area contributed by atoms with Gasteiger partial charge >= 0.3 is 0 Å². The molecule has 1 fully saturated rings. The molecular weight excluding hydrogens is 384 g/mol. The molecule has 1 atom stereocenters. The zero-order valence-corrected chi connectivity index (χ0v) is 18.4. The maximum Gasteiger partial charge on any atom is 0.274 e. The molecule has 5 heteroatoms. The van der Waals surface area contributed by atoms with Gasteiger partial charge in [0.2, 0.25) is 0 Å². The minimum Gasteiger partial charge on any atom is -0.332 e. The Morgan fingerprint density at radius 1 is 1.03 bits per heavy atom. The van der Waals surface area contributed by atoms with Gasteiger partial charge in [-0.25, -0.2) is 4.68 Å². The van der Waals surface area contributed by atoms with Crippen LogP contribution in [0.2, 0.25) is 0 Å². The molecule has 1 aromatic heterocycles. The molecule has 160 valence electrons. The van der Waals surface area contributed by atoms with E-state index in [1.165, 1.54) is 16.8 Å². The molecule has 0 bridgehead atoms. The van der Waals surface area contributed by atoms with Gasteiger partial charge in [-0.15, -0.1) is 0 Å². The molecule has 2 aromatic carbocycles. The zero-order valence-electron chi connectivity index (χ0n) is 18.4. The summed E-state index contributed by atoms with van der Waals surface area (Å²) in [6.07, 6.45) is 3.04. The second kappa shape index (κ2) is 8.31. The minimum atomic E-state index is 0.0948. The van der Waals surface area contributed by atoms with Crippen LogP contribution in [0, 0.1) is 6.92 Å². The Morgan fingerprint density at radius 2 is 1.81 bits per heavy atom. The van der Waals surface area contributed by atoms with Crippen molar-refractivity contribution < 1.29 is 4.79 Å². The van der Waals surface area contributed by atoms with Gasteiger partial charge in [-0.1, -0.05) is 48.5 Å². The Morgan fingerprint density at radius 3 is 2.58 bits per heavy atom. The normalized spacial score (nSPS) is 18.9. The lowest BCUT2D eigenvalue weighted by Gasteiger charge is -2.39. The van der Waals surface area contributed by atoms with Crippen LogP contribution in [0.15, 0.2) is 54.6 Å². The maximum atomic E-state index is 13.6. The Hall–Kier alpha value is -2.92. The van der Waals surface area contributed by atoms with Gasteiger partial charge in [0.25, 0.3) is 5.91 Å². The maximum absolute atomic E-state index is 13.6. The molecule has 0 N–H and O–H groups in total. The molecule has 1 unspecified atom stereocenters. The summed E-state index contributed by atoms with van der Waals surface area (Å²) in [5.41, 5.74) is 6.63. The number of carbonyl (C=O) groups is 1. The summed E-state index contributed by atoms with van der Waals surface area (Å²) in [4.78, 5) is 18.1. The number of aryl methyl sites for hydroxylation is 1. The van der Waals surface area contributed by atoms with E-state index in [0.717, 1.165) is 56.7 Å². The molecule has 0 spiro atoms. The highest BCUT2D eigenvalue weighted by Crippen LogP contribution is 2.30. The lowest BCUT2D eigenvalue weighted by Crippen LogP contribution is -2.53. The molecule has 5 rings (SSSR count). The van der Waals surface area contributed by atoms with Crippen molar-refractivity contribution in [2.45, 2.75) is 45.7 Å². The fraction of sp³-hybridized carbons (Fsp3) is 0.385. The van der Waals surface area contributed by atoms with Crippen molar-refractivity contribution >= 4 is 5.91 Å². The second-order valence-electron chi connectivity index (χ2n) is 8.89. The summed E-state index contributed by atoms with van der Waals surface area (Å²) in [5, 5.41) is 4.87. The first-order valence-corrected chi connectivity index (χ1v) is 11.4. The predicted molar refractivity (Wildman–Crippen MR) is 123 cm³/mol. The van der Waals surface area contributed by atoms with E-state index in [-0.39, 0.29) is 11.9 Å². The number of hydrogen-bond donors (Lipinski definition) is 0. The van der Waals surface area contributed by atoms with Crippen LogP contribution in [0.4, 0.5) is 0 Å². The number of piperazine rings is 1. The number of hydrogen-bond acceptors (Lipinski definition) is 3. The first kappa shape index (κ1) is 20.0. The van der Waals surface area contributed by atoms with Crippen LogP contribution in [0.1, 0.15) is 46.2 Å². The van der Waals surface area contributed by atoms with Crippen molar-refractivity contribution in [2.24, 2.45) is 0 Å². The van der Waals surface area contributed by atoms with E-state index >= 15 is 0 Å². The molecule has 31 heavy (non-hydrogen) atoms. The SMILES string of the molecule is Cc1ccccc1-n1nc(C(=O)N2CCN(Cc3ccccc3)CC2C)c2c1CCC2. The highest BCUT2D eigenvalue weighted by Gasteiger charge is 2.34. The standard InChI is InChI=1S/C26H30N4O/c1-19-9-6-7-13-23(19)30-24-14-8-12-22(24)25(27-30)26(31)29-16-15-28(17-20(29)2)18-21-10-4-3-5-11-21/h3-7,9-11,13,20H,8,12,14-18H2,1-2H3. The van der Waals surface area contributed by atoms with Crippen molar-refractivity contribution in [1.29, 1.82) is 0 Å². The van der Waals surface area contributed by atoms with Crippen LogP contribution in [0.3, 0.4) is 0 Å². The van der Waals surface area contributed by atoms with Gasteiger partial charge in [0.1, 0.15) is 0 Å². The molecule has 0 saturated carbocycles. The van der Waals surface area contributed by atoms with Crippen LogP contribution >= 0.6 is 0 Å². The van der Waals surface area contributed by atoms with Gasteiger partial charge in [-0.05, 0) is 50.3 Å². The number of aromatic nitrogens is 2. The Kier molecular flexibility index (Phi) is 5.36. The number of carbonyl (C=O) groups excluding carboxylic acids is 1. The summed E-state index contributed by atoms with van der Waals surface area (Å²) in [7, 11) is 0. The van der Waals surface area contributed by atoms with E-state index in [0.29, 0.717) is 5.69 Å². The first-order valence-electron chi connectivity index (χ1n) is 11.4. The average Bonchev–Trinajstić information content (AvgIpc) is 3.38. The smallest absolute Gasteiger partial charge is 0.274 e. The average molecular weight is 415 g/mol. The lowest BCUT2D eigenvalue weighted by atomic mass is 10.1. The molecule has 3 aromatic rings. The lowest BCUT2D eigenvalue weighted by molar-refractivity contribution is 0.0468. The third kappa shape index (κ3) is 3.79. The van der Waals surface area contributed by atoms with Crippen LogP contribution < -0.4 is 0 Å². The highest BCUT2D eigenvalue weighted by atomic mass is 16.2. The predicted octanol–water partition coefficient (Wildman–Crippen LogP) is 4.02. The molecule has 1 aliphatic heterocycles. The van der Waals surface area contributed by atoms with E-state index < -0.39 is 0 Å². The summed E-state index contributed by atoms with van der Waals surface area (Å²) in [6, 6.07) is 19.0. The molecule has 1 amide bonds. The number of rotatable bonds is 4. The molecular formula is C26H30N4O. The Labute approximate surface area is 184 Å². The van der Waals surface area contributed by atoms with Gasteiger partial charge in [0, 0.05) is 43.5 Å². The van der Waals surface area contributed by atoms with E-state index in [2.05, 4.69) is 61.2 Å². The summed E-state index contributed by atoms with van der Waals surface area (Å²) in [5.74, 6) is 0.0948. The fourth-order valence-electron chi connectivity index (χ4n) is 5.07. The van der Waals surface area contributed by atoms with Gasteiger partial charge in [-0.3, -0.25) is 9.69 Å². The van der Waals surface area contributed by atoms with Gasteiger partial charge in [-0.2, -0.15) is 5.10 Å². The van der Waals surface area contributed by atoms with Gasteiger partial charge in [0.05, 0.1) is 5.69 Å². The van der Waals surface area contributed by atoms with Crippen molar-refractivity contribution in [3.63, 3.8) is 0 Å². The number of para-hydroxylation sites is 1. The number of benzene rings is 2. The van der Waals surface area contributed by atoms with Crippen LogP contribution in [-0.2, 0) is 19.4 Å². The minimum absolute atomic E-state index is 0.0948. The van der Waals surface area contributed by atoms with E-state index in [1.807, 2.05) is 21.7 Å². The van der Waals surface area contributed by atoms with E-state index in [4.69, 9.17) is 5.10 Å². The second-order valence-corrected chi connectivity index (χ2v) is 8.89. The van der Waals surface area contributed by atoms with E-state index in [1.54, 1.807) is 0 Å². The third-order valence-corrected chi connectivity index (χ3v) is 6.70. The van der Waals surface area contributed by atoms with Crippen LogP contribution in [0.25, 0.3) is 5.69 Å².